The van der Waals surface area contributed by atoms with Crippen molar-refractivity contribution in [3.05, 3.63) is 29.8 Å². The molecule has 1 rings (SSSR count). The lowest BCUT2D eigenvalue weighted by Crippen LogP contribution is -2.22. The topological polar surface area (TPSA) is 35.5 Å². The zero-order chi connectivity index (χ0) is 12.8. The molecule has 0 heterocycles. The lowest BCUT2D eigenvalue weighted by atomic mass is 10.0. The van der Waals surface area contributed by atoms with Crippen molar-refractivity contribution in [3.8, 4) is 5.75 Å². The Morgan fingerprint density at radius 3 is 2.71 bits per heavy atom. The van der Waals surface area contributed by atoms with E-state index in [9.17, 15) is 4.79 Å². The van der Waals surface area contributed by atoms with E-state index in [1.807, 2.05) is 18.2 Å². The smallest absolute Gasteiger partial charge is 0.322 e. The van der Waals surface area contributed by atoms with Gasteiger partial charge >= 0.3 is 5.97 Å². The van der Waals surface area contributed by atoms with Gasteiger partial charge in [0.2, 0.25) is 0 Å². The summed E-state index contributed by atoms with van der Waals surface area (Å²) in [5.74, 6) is 0.897. The van der Waals surface area contributed by atoms with Gasteiger partial charge in [0.25, 0.3) is 0 Å². The van der Waals surface area contributed by atoms with Crippen molar-refractivity contribution in [3.63, 3.8) is 0 Å². The Labute approximate surface area is 110 Å². The molecule has 94 valence electrons. The maximum Gasteiger partial charge on any atom is 0.322 e. The van der Waals surface area contributed by atoms with E-state index >= 15 is 0 Å². The third-order valence-corrected chi connectivity index (χ3v) is 3.02. The second kappa shape index (κ2) is 6.64. The van der Waals surface area contributed by atoms with E-state index in [1.54, 1.807) is 0 Å². The Hall–Kier alpha value is -1.03. The van der Waals surface area contributed by atoms with Crippen LogP contribution in [0.2, 0.25) is 0 Å². The predicted octanol–water partition coefficient (Wildman–Crippen LogP) is 3.13. The van der Waals surface area contributed by atoms with Gasteiger partial charge in [0.1, 0.15) is 17.2 Å². The van der Waals surface area contributed by atoms with E-state index in [-0.39, 0.29) is 12.6 Å². The first-order valence-electron chi connectivity index (χ1n) is 5.49. The third-order valence-electron chi connectivity index (χ3n) is 2.38. The summed E-state index contributed by atoms with van der Waals surface area (Å²) in [6.45, 7) is 4.51. The van der Waals surface area contributed by atoms with Crippen molar-refractivity contribution in [1.29, 1.82) is 0 Å². The molecule has 17 heavy (non-hydrogen) atoms. The number of methoxy groups -OCH3 is 1. The van der Waals surface area contributed by atoms with E-state index < -0.39 is 4.83 Å². The van der Waals surface area contributed by atoms with E-state index in [2.05, 4.69) is 40.6 Å². The molecule has 0 N–H and O–H groups in total. The van der Waals surface area contributed by atoms with Crippen LogP contribution in [0.4, 0.5) is 0 Å². The predicted molar refractivity (Wildman–Crippen MR) is 70.8 cm³/mol. The molecule has 0 aliphatic carbocycles. The summed E-state index contributed by atoms with van der Waals surface area (Å²) in [5.41, 5.74) is 1.21. The number of carbonyl (C=O) groups is 1. The van der Waals surface area contributed by atoms with Crippen molar-refractivity contribution in [1.82, 2.24) is 0 Å². The van der Waals surface area contributed by atoms with Gasteiger partial charge in [-0.2, -0.15) is 0 Å². The van der Waals surface area contributed by atoms with Gasteiger partial charge in [-0.1, -0.05) is 41.9 Å². The van der Waals surface area contributed by atoms with Gasteiger partial charge in [0.15, 0.2) is 0 Å². The molecule has 0 aromatic heterocycles. The molecule has 0 bridgehead atoms. The van der Waals surface area contributed by atoms with Gasteiger partial charge in [-0.25, -0.2) is 0 Å². The summed E-state index contributed by atoms with van der Waals surface area (Å²) in [6, 6.07) is 7.88. The van der Waals surface area contributed by atoms with Crippen LogP contribution in [0.1, 0.15) is 25.3 Å². The first kappa shape index (κ1) is 14.0. The normalized spacial score (nSPS) is 12.3. The average Bonchev–Trinajstić information content (AvgIpc) is 2.35. The Morgan fingerprint density at radius 2 is 2.12 bits per heavy atom. The Morgan fingerprint density at radius 1 is 1.41 bits per heavy atom. The second-order valence-corrected chi connectivity index (χ2v) is 5.13. The summed E-state index contributed by atoms with van der Waals surface area (Å²) in [4.78, 5) is 10.7. The van der Waals surface area contributed by atoms with Crippen LogP contribution in [0, 0.1) is 0 Å². The average molecular weight is 301 g/mol. The first-order valence-corrected chi connectivity index (χ1v) is 6.40. The maximum absolute atomic E-state index is 11.2. The lowest BCUT2D eigenvalue weighted by Gasteiger charge is -2.12. The molecule has 0 saturated carbocycles. The molecule has 0 amide bonds. The highest BCUT2D eigenvalue weighted by molar-refractivity contribution is 9.10. The SMILES string of the molecule is COC(=O)C(Br)COc1cccc(C(C)C)c1. The molecular formula is C13H17BrO3. The van der Waals surface area contributed by atoms with Crippen molar-refractivity contribution in [2.24, 2.45) is 0 Å². The zero-order valence-corrected chi connectivity index (χ0v) is 11.9. The standard InChI is InChI=1S/C13H17BrO3/c1-9(2)10-5-4-6-11(7-10)17-8-12(14)13(15)16-3/h4-7,9,12H,8H2,1-3H3. The van der Waals surface area contributed by atoms with Crippen LogP contribution in [-0.4, -0.2) is 24.5 Å². The van der Waals surface area contributed by atoms with E-state index in [0.717, 1.165) is 5.75 Å². The fourth-order valence-corrected chi connectivity index (χ4v) is 1.65. The summed E-state index contributed by atoms with van der Waals surface area (Å²) in [6.07, 6.45) is 0. The van der Waals surface area contributed by atoms with Crippen LogP contribution >= 0.6 is 15.9 Å². The van der Waals surface area contributed by atoms with Crippen LogP contribution in [0.5, 0.6) is 5.75 Å². The number of ether oxygens (including phenoxy) is 2. The van der Waals surface area contributed by atoms with Gasteiger partial charge in [-0.15, -0.1) is 0 Å². The fraction of sp³-hybridized carbons (Fsp3) is 0.462. The molecule has 0 aliphatic heterocycles. The maximum atomic E-state index is 11.2. The van der Waals surface area contributed by atoms with Gasteiger partial charge in [-0.05, 0) is 23.6 Å². The van der Waals surface area contributed by atoms with E-state index in [4.69, 9.17) is 4.74 Å². The van der Waals surface area contributed by atoms with Crippen LogP contribution in [0.15, 0.2) is 24.3 Å². The van der Waals surface area contributed by atoms with E-state index in [0.29, 0.717) is 5.92 Å². The molecule has 1 atom stereocenters. The second-order valence-electron chi connectivity index (χ2n) is 4.03. The number of hydrogen-bond donors (Lipinski definition) is 0. The molecule has 0 fully saturated rings. The van der Waals surface area contributed by atoms with Crippen molar-refractivity contribution in [2.45, 2.75) is 24.6 Å². The molecular weight excluding hydrogens is 284 g/mol. The highest BCUT2D eigenvalue weighted by Crippen LogP contribution is 2.20. The monoisotopic (exact) mass is 300 g/mol. The number of hydrogen-bond acceptors (Lipinski definition) is 3. The molecule has 0 aliphatic rings. The number of alkyl halides is 1. The molecule has 4 heteroatoms. The summed E-state index contributed by atoms with van der Waals surface area (Å²) >= 11 is 3.21. The number of benzene rings is 1. The Bertz CT molecular complexity index is 377. The highest BCUT2D eigenvalue weighted by Gasteiger charge is 2.15. The molecule has 0 saturated heterocycles. The summed E-state index contributed by atoms with van der Waals surface area (Å²) in [7, 11) is 1.36. The first-order chi connectivity index (χ1) is 8.04. The number of carbonyl (C=O) groups excluding carboxylic acids is 1. The van der Waals surface area contributed by atoms with Gasteiger partial charge in [0, 0.05) is 0 Å². The Kier molecular flexibility index (Phi) is 5.48. The summed E-state index contributed by atoms with van der Waals surface area (Å²) in [5, 5.41) is 0. The quantitative estimate of drug-likeness (QED) is 0.619. The van der Waals surface area contributed by atoms with Crippen molar-refractivity contribution in [2.75, 3.05) is 13.7 Å². The minimum atomic E-state index is -0.435. The minimum Gasteiger partial charge on any atom is -0.492 e. The van der Waals surface area contributed by atoms with Crippen LogP contribution < -0.4 is 4.74 Å². The molecule has 1 unspecified atom stereocenters. The molecule has 0 radical (unpaired) electrons. The molecule has 3 nitrogen and oxygen atoms in total. The van der Waals surface area contributed by atoms with Crippen LogP contribution in [-0.2, 0) is 9.53 Å². The highest BCUT2D eigenvalue weighted by atomic mass is 79.9. The Balaban J connectivity index is 2.57. The van der Waals surface area contributed by atoms with Gasteiger partial charge < -0.3 is 9.47 Å². The zero-order valence-electron chi connectivity index (χ0n) is 10.3. The van der Waals surface area contributed by atoms with Gasteiger partial charge in [-0.3, -0.25) is 4.79 Å². The van der Waals surface area contributed by atoms with Crippen LogP contribution in [0.3, 0.4) is 0 Å². The molecule has 0 spiro atoms. The van der Waals surface area contributed by atoms with Crippen LogP contribution in [0.25, 0.3) is 0 Å². The number of rotatable bonds is 5. The van der Waals surface area contributed by atoms with Crippen molar-refractivity contribution >= 4 is 21.9 Å². The molecule has 1 aromatic rings. The summed E-state index contributed by atoms with van der Waals surface area (Å²) < 4.78 is 10.1. The lowest BCUT2D eigenvalue weighted by molar-refractivity contribution is -0.140. The van der Waals surface area contributed by atoms with E-state index in [1.165, 1.54) is 12.7 Å². The number of halogens is 1. The largest absolute Gasteiger partial charge is 0.492 e. The third kappa shape index (κ3) is 4.38. The molecule has 1 aromatic carbocycles. The number of esters is 1. The fourth-order valence-electron chi connectivity index (χ4n) is 1.33. The van der Waals surface area contributed by atoms with Gasteiger partial charge in [0.05, 0.1) is 7.11 Å². The minimum absolute atomic E-state index is 0.258. The van der Waals surface area contributed by atoms with Crippen molar-refractivity contribution < 1.29 is 14.3 Å².